The van der Waals surface area contributed by atoms with Gasteiger partial charge in [0.1, 0.15) is 0 Å². The summed E-state index contributed by atoms with van der Waals surface area (Å²) in [6.45, 7) is 0. The van der Waals surface area contributed by atoms with Crippen LogP contribution in [0.1, 0.15) is 0 Å². The van der Waals surface area contributed by atoms with Gasteiger partial charge in [-0.05, 0) is 63.4 Å². The molecule has 3 heterocycles. The number of nitrogens with zero attached hydrogens (tertiary/aromatic N) is 3. The summed E-state index contributed by atoms with van der Waals surface area (Å²) in [5.74, 6) is 0. The Balaban J connectivity index is 1.11. The number of benzene rings is 6. The van der Waals surface area contributed by atoms with Crippen molar-refractivity contribution < 1.29 is 0 Å². The maximum atomic E-state index is 5.20. The Hall–Kier alpha value is -6.19. The van der Waals surface area contributed by atoms with Crippen LogP contribution in [-0.4, -0.2) is 15.0 Å². The lowest BCUT2D eigenvalue weighted by molar-refractivity contribution is 1.37. The normalized spacial score (nSPS) is 11.5. The second-order valence-corrected chi connectivity index (χ2v) is 11.7. The van der Waals surface area contributed by atoms with Gasteiger partial charge in [0.05, 0.1) is 27.9 Å². The lowest BCUT2D eigenvalue weighted by Gasteiger charge is -2.14. The third-order valence-electron chi connectivity index (χ3n) is 8.89. The van der Waals surface area contributed by atoms with Gasteiger partial charge >= 0.3 is 0 Å². The Kier molecular flexibility index (Phi) is 6.14. The molecule has 0 radical (unpaired) electrons. The minimum Gasteiger partial charge on any atom is -0.254 e. The monoisotopic (exact) mass is 585 g/mol. The third-order valence-corrected chi connectivity index (χ3v) is 8.89. The molecule has 6 aromatic carbocycles. The van der Waals surface area contributed by atoms with Gasteiger partial charge in [-0.25, -0.2) is 9.97 Å². The van der Waals surface area contributed by atoms with Gasteiger partial charge in [-0.1, -0.05) is 127 Å². The summed E-state index contributed by atoms with van der Waals surface area (Å²) < 4.78 is 0. The summed E-state index contributed by atoms with van der Waals surface area (Å²) in [6.07, 6.45) is 1.83. The molecule has 3 heteroatoms. The average molecular weight is 586 g/mol. The fraction of sp³-hybridized carbons (Fsp3) is 0. The van der Waals surface area contributed by atoms with Gasteiger partial charge < -0.3 is 0 Å². The lowest BCUT2D eigenvalue weighted by Crippen LogP contribution is -1.92. The van der Waals surface area contributed by atoms with Crippen molar-refractivity contribution in [3.05, 3.63) is 164 Å². The van der Waals surface area contributed by atoms with Crippen LogP contribution in [0.5, 0.6) is 0 Å². The molecule has 0 aliphatic carbocycles. The van der Waals surface area contributed by atoms with Gasteiger partial charge in [-0.3, -0.25) is 4.98 Å². The topological polar surface area (TPSA) is 38.7 Å². The van der Waals surface area contributed by atoms with Crippen molar-refractivity contribution in [3.8, 4) is 44.8 Å². The summed E-state index contributed by atoms with van der Waals surface area (Å²) in [6, 6.07) is 55.6. The zero-order valence-corrected chi connectivity index (χ0v) is 24.9. The van der Waals surface area contributed by atoms with Crippen LogP contribution in [0.2, 0.25) is 0 Å². The van der Waals surface area contributed by atoms with E-state index in [4.69, 9.17) is 9.97 Å². The van der Waals surface area contributed by atoms with Crippen LogP contribution in [0, 0.1) is 0 Å². The summed E-state index contributed by atoms with van der Waals surface area (Å²) in [5, 5.41) is 5.81. The van der Waals surface area contributed by atoms with E-state index >= 15 is 0 Å². The van der Waals surface area contributed by atoms with Gasteiger partial charge in [-0.15, -0.1) is 0 Å². The molecule has 9 aromatic rings. The highest BCUT2D eigenvalue weighted by molar-refractivity contribution is 6.13. The van der Waals surface area contributed by atoms with Gasteiger partial charge in [0.2, 0.25) is 0 Å². The maximum absolute atomic E-state index is 5.20. The van der Waals surface area contributed by atoms with Crippen molar-refractivity contribution in [1.82, 2.24) is 15.0 Å². The van der Waals surface area contributed by atoms with E-state index in [2.05, 4.69) is 157 Å². The number of aromatic nitrogens is 3. The van der Waals surface area contributed by atoms with E-state index < -0.39 is 0 Å². The zero-order chi connectivity index (χ0) is 30.5. The predicted octanol–water partition coefficient (Wildman–Crippen LogP) is 11.2. The highest BCUT2D eigenvalue weighted by Gasteiger charge is 2.13. The maximum Gasteiger partial charge on any atom is 0.0972 e. The first-order valence-corrected chi connectivity index (χ1v) is 15.5. The SMILES string of the molecule is c1ccc(-c2cc(-c3cccc(-c4ccc(-c5ccc6ccc7cccnc7c6n5)cc4)c3)nc3ccc4ccccc4c23)cc1. The number of rotatable bonds is 4. The summed E-state index contributed by atoms with van der Waals surface area (Å²) in [4.78, 5) is 14.9. The molecular weight excluding hydrogens is 558 g/mol. The molecule has 9 rings (SSSR count). The van der Waals surface area contributed by atoms with E-state index in [1.807, 2.05) is 12.3 Å². The summed E-state index contributed by atoms with van der Waals surface area (Å²) >= 11 is 0. The fourth-order valence-electron chi connectivity index (χ4n) is 6.58. The average Bonchev–Trinajstić information content (AvgIpc) is 3.14. The minimum absolute atomic E-state index is 0.929. The van der Waals surface area contributed by atoms with Gasteiger partial charge in [0.15, 0.2) is 0 Å². The molecule has 0 N–H and O–H groups in total. The predicted molar refractivity (Wildman–Crippen MR) is 192 cm³/mol. The Morgan fingerprint density at radius 3 is 1.96 bits per heavy atom. The summed E-state index contributed by atoms with van der Waals surface area (Å²) in [7, 11) is 0. The first-order valence-electron chi connectivity index (χ1n) is 15.5. The van der Waals surface area contributed by atoms with Crippen LogP contribution in [0.15, 0.2) is 164 Å². The van der Waals surface area contributed by atoms with Gasteiger partial charge in [0, 0.05) is 33.5 Å². The zero-order valence-electron chi connectivity index (χ0n) is 24.9. The Morgan fingerprint density at radius 2 is 1.07 bits per heavy atom. The molecular formula is C43H27N3. The van der Waals surface area contributed by atoms with Crippen molar-refractivity contribution in [3.63, 3.8) is 0 Å². The molecule has 3 nitrogen and oxygen atoms in total. The van der Waals surface area contributed by atoms with Crippen molar-refractivity contribution >= 4 is 43.5 Å². The second kappa shape index (κ2) is 10.8. The van der Waals surface area contributed by atoms with Crippen molar-refractivity contribution in [1.29, 1.82) is 0 Å². The van der Waals surface area contributed by atoms with E-state index in [1.165, 1.54) is 27.3 Å². The van der Waals surface area contributed by atoms with Crippen LogP contribution < -0.4 is 0 Å². The molecule has 0 aliphatic heterocycles. The molecule has 0 spiro atoms. The quantitative estimate of drug-likeness (QED) is 0.193. The molecule has 0 amide bonds. The van der Waals surface area contributed by atoms with Crippen LogP contribution >= 0.6 is 0 Å². The van der Waals surface area contributed by atoms with Crippen LogP contribution in [0.4, 0.5) is 0 Å². The van der Waals surface area contributed by atoms with Crippen LogP contribution in [0.3, 0.4) is 0 Å². The van der Waals surface area contributed by atoms with Gasteiger partial charge in [-0.2, -0.15) is 0 Å². The molecule has 46 heavy (non-hydrogen) atoms. The Labute approximate surface area is 266 Å². The molecule has 0 atom stereocenters. The first kappa shape index (κ1) is 26.2. The fourth-order valence-corrected chi connectivity index (χ4v) is 6.58. The number of hydrogen-bond acceptors (Lipinski definition) is 3. The van der Waals surface area contributed by atoms with E-state index in [0.717, 1.165) is 61.0 Å². The number of pyridine rings is 3. The molecule has 0 fully saturated rings. The molecule has 0 bridgehead atoms. The number of fused-ring (bicyclic) bond motifs is 6. The smallest absolute Gasteiger partial charge is 0.0972 e. The van der Waals surface area contributed by atoms with Crippen LogP contribution in [0.25, 0.3) is 88.2 Å². The molecule has 0 aliphatic rings. The molecule has 214 valence electrons. The minimum atomic E-state index is 0.929. The van der Waals surface area contributed by atoms with E-state index in [1.54, 1.807) is 0 Å². The van der Waals surface area contributed by atoms with Crippen molar-refractivity contribution in [2.75, 3.05) is 0 Å². The molecule has 0 saturated carbocycles. The second-order valence-electron chi connectivity index (χ2n) is 11.7. The number of hydrogen-bond donors (Lipinski definition) is 0. The van der Waals surface area contributed by atoms with Crippen molar-refractivity contribution in [2.45, 2.75) is 0 Å². The summed E-state index contributed by atoms with van der Waals surface area (Å²) in [5.41, 5.74) is 11.6. The van der Waals surface area contributed by atoms with E-state index in [0.29, 0.717) is 0 Å². The first-order chi connectivity index (χ1) is 22.8. The Morgan fingerprint density at radius 1 is 0.370 bits per heavy atom. The highest BCUT2D eigenvalue weighted by atomic mass is 14.8. The largest absolute Gasteiger partial charge is 0.254 e. The molecule has 3 aromatic heterocycles. The highest BCUT2D eigenvalue weighted by Crippen LogP contribution is 2.37. The molecule has 0 saturated heterocycles. The molecule has 0 unspecified atom stereocenters. The van der Waals surface area contributed by atoms with E-state index in [-0.39, 0.29) is 0 Å². The lowest BCUT2D eigenvalue weighted by atomic mass is 9.94. The van der Waals surface area contributed by atoms with Crippen LogP contribution in [-0.2, 0) is 0 Å². The standard InChI is InChI=1S/C43H27N3/c1-2-8-29(9-3-1)37-27-40(45-39-24-21-30-10-4-5-14-36(30)41(37)39)35-12-6-11-34(26-35)28-15-17-31(18-16-28)38-23-22-33-20-19-32-13-7-25-44-42(32)43(33)46-38/h1-27H. The van der Waals surface area contributed by atoms with Crippen molar-refractivity contribution in [2.24, 2.45) is 0 Å². The van der Waals surface area contributed by atoms with Gasteiger partial charge in [0.25, 0.3) is 0 Å². The Bertz CT molecular complexity index is 2570. The third kappa shape index (κ3) is 4.49. The van der Waals surface area contributed by atoms with E-state index in [9.17, 15) is 0 Å².